The topological polar surface area (TPSA) is 73.0 Å². The van der Waals surface area contributed by atoms with E-state index in [-0.39, 0.29) is 5.56 Å². The Bertz CT molecular complexity index is 623. The predicted octanol–water partition coefficient (Wildman–Crippen LogP) is 0.946. The summed E-state index contributed by atoms with van der Waals surface area (Å²) in [5.41, 5.74) is 0.858. The summed E-state index contributed by atoms with van der Waals surface area (Å²) < 4.78 is 1.24. The van der Waals surface area contributed by atoms with Gasteiger partial charge in [0, 0.05) is 18.0 Å². The molecule has 0 amide bonds. The van der Waals surface area contributed by atoms with E-state index in [1.165, 1.54) is 16.4 Å². The lowest BCUT2D eigenvalue weighted by Gasteiger charge is -2.03. The second kappa shape index (κ2) is 5.54. The Kier molecular flexibility index (Phi) is 3.83. The van der Waals surface area contributed by atoms with Crippen LogP contribution in [0.1, 0.15) is 11.3 Å². The third-order valence-electron chi connectivity index (χ3n) is 2.16. The van der Waals surface area contributed by atoms with E-state index in [0.717, 1.165) is 5.56 Å². The maximum absolute atomic E-state index is 11.9. The zero-order valence-electron chi connectivity index (χ0n) is 9.94. The van der Waals surface area contributed by atoms with Gasteiger partial charge in [-0.25, -0.2) is 0 Å². The highest BCUT2D eigenvalue weighted by Crippen LogP contribution is 2.07. The molecule has 0 fully saturated rings. The number of thioether (sulfide) groups is 1. The second-order valence-corrected chi connectivity index (χ2v) is 4.19. The predicted molar refractivity (Wildman–Crippen MR) is 70.0 cm³/mol. The lowest BCUT2D eigenvalue weighted by atomic mass is 10.3. The first-order valence-corrected chi connectivity index (χ1v) is 6.39. The maximum atomic E-state index is 11.9. The minimum Gasteiger partial charge on any atom is -0.265 e. The molecule has 2 rings (SSSR count). The number of hydrogen-bond acceptors (Lipinski definition) is 6. The van der Waals surface area contributed by atoms with Gasteiger partial charge in [0.25, 0.3) is 5.56 Å². The van der Waals surface area contributed by atoms with Crippen LogP contribution >= 0.6 is 11.8 Å². The number of rotatable bonds is 3. The molecule has 0 aliphatic heterocycles. The Labute approximate surface area is 108 Å². The molecule has 0 radical (unpaired) electrons. The molecule has 2 aromatic heterocycles. The standard InChI is InChI=1S/C11H11N5OS/c1-8-10(17)16(11(18-2)15-14-8)13-7-9-4-3-5-12-6-9/h3-7H,1-2H3/b13-7-. The van der Waals surface area contributed by atoms with E-state index in [4.69, 9.17) is 0 Å². The highest BCUT2D eigenvalue weighted by molar-refractivity contribution is 7.98. The molecule has 0 saturated carbocycles. The van der Waals surface area contributed by atoms with Gasteiger partial charge in [0.05, 0.1) is 6.21 Å². The Morgan fingerprint density at radius 1 is 1.44 bits per heavy atom. The molecular formula is C11H11N5OS. The van der Waals surface area contributed by atoms with Crippen LogP contribution in [-0.2, 0) is 0 Å². The largest absolute Gasteiger partial charge is 0.296 e. The lowest BCUT2D eigenvalue weighted by molar-refractivity contribution is 0.635. The monoisotopic (exact) mass is 261 g/mol. The quantitative estimate of drug-likeness (QED) is 0.607. The molecule has 18 heavy (non-hydrogen) atoms. The van der Waals surface area contributed by atoms with Crippen molar-refractivity contribution in [1.29, 1.82) is 0 Å². The third kappa shape index (κ3) is 2.62. The first kappa shape index (κ1) is 12.4. The van der Waals surface area contributed by atoms with Gasteiger partial charge in [-0.15, -0.1) is 10.2 Å². The molecule has 7 heteroatoms. The molecule has 0 atom stereocenters. The Morgan fingerprint density at radius 2 is 2.28 bits per heavy atom. The van der Waals surface area contributed by atoms with Crippen LogP contribution in [0, 0.1) is 6.92 Å². The molecule has 0 aliphatic carbocycles. The van der Waals surface area contributed by atoms with Gasteiger partial charge in [-0.2, -0.15) is 9.78 Å². The van der Waals surface area contributed by atoms with Gasteiger partial charge in [-0.1, -0.05) is 17.8 Å². The molecule has 0 aromatic carbocycles. The lowest BCUT2D eigenvalue weighted by Crippen LogP contribution is -2.23. The third-order valence-corrected chi connectivity index (χ3v) is 2.78. The van der Waals surface area contributed by atoms with E-state index in [1.54, 1.807) is 31.6 Å². The number of nitrogens with zero attached hydrogens (tertiary/aromatic N) is 5. The average molecular weight is 261 g/mol. The normalized spacial score (nSPS) is 11.0. The van der Waals surface area contributed by atoms with Crippen LogP contribution in [0.4, 0.5) is 0 Å². The Morgan fingerprint density at radius 3 is 2.94 bits per heavy atom. The number of pyridine rings is 1. The molecule has 0 bridgehead atoms. The fourth-order valence-corrected chi connectivity index (χ4v) is 1.67. The number of aromatic nitrogens is 4. The molecule has 92 valence electrons. The van der Waals surface area contributed by atoms with Gasteiger partial charge in [0.2, 0.25) is 5.16 Å². The first-order valence-electron chi connectivity index (χ1n) is 5.17. The first-order chi connectivity index (χ1) is 8.72. The SMILES string of the molecule is CSc1nnc(C)c(=O)n1/N=C\c1cccnc1. The number of hydrogen-bond donors (Lipinski definition) is 0. The van der Waals surface area contributed by atoms with E-state index in [9.17, 15) is 4.79 Å². The van der Waals surface area contributed by atoms with Gasteiger partial charge in [-0.05, 0) is 19.2 Å². The molecule has 0 N–H and O–H groups in total. The summed E-state index contributed by atoms with van der Waals surface area (Å²) in [7, 11) is 0. The Balaban J connectivity index is 2.43. The van der Waals surface area contributed by atoms with Crippen LogP contribution in [-0.4, -0.2) is 32.3 Å². The molecular weight excluding hydrogens is 250 g/mol. The zero-order valence-corrected chi connectivity index (χ0v) is 10.8. The van der Waals surface area contributed by atoms with Crippen LogP contribution in [0.15, 0.2) is 39.6 Å². The summed E-state index contributed by atoms with van der Waals surface area (Å²) >= 11 is 1.31. The van der Waals surface area contributed by atoms with E-state index in [1.807, 2.05) is 12.3 Å². The van der Waals surface area contributed by atoms with Crippen molar-refractivity contribution in [2.45, 2.75) is 12.1 Å². The summed E-state index contributed by atoms with van der Waals surface area (Å²) in [6, 6.07) is 3.65. The van der Waals surface area contributed by atoms with Crippen LogP contribution in [0.5, 0.6) is 0 Å². The van der Waals surface area contributed by atoms with Crippen molar-refractivity contribution in [3.63, 3.8) is 0 Å². The summed E-state index contributed by atoms with van der Waals surface area (Å²) in [4.78, 5) is 15.9. The van der Waals surface area contributed by atoms with Crippen molar-refractivity contribution in [1.82, 2.24) is 19.9 Å². The second-order valence-electron chi connectivity index (χ2n) is 3.42. The van der Waals surface area contributed by atoms with Gasteiger partial charge < -0.3 is 0 Å². The van der Waals surface area contributed by atoms with Crippen LogP contribution < -0.4 is 5.56 Å². The van der Waals surface area contributed by atoms with Crippen molar-refractivity contribution in [3.05, 3.63) is 46.1 Å². The van der Waals surface area contributed by atoms with Crippen LogP contribution in [0.25, 0.3) is 0 Å². The fraction of sp³-hybridized carbons (Fsp3) is 0.182. The molecule has 2 aromatic rings. The summed E-state index contributed by atoms with van der Waals surface area (Å²) in [5.74, 6) is 0. The van der Waals surface area contributed by atoms with Crippen molar-refractivity contribution in [2.24, 2.45) is 5.10 Å². The molecule has 0 spiro atoms. The van der Waals surface area contributed by atoms with E-state index >= 15 is 0 Å². The molecule has 0 saturated heterocycles. The van der Waals surface area contributed by atoms with Gasteiger partial charge in [0.15, 0.2) is 0 Å². The van der Waals surface area contributed by atoms with E-state index in [0.29, 0.717) is 10.9 Å². The summed E-state index contributed by atoms with van der Waals surface area (Å²) in [6.07, 6.45) is 6.72. The number of aryl methyl sites for hydroxylation is 1. The molecule has 0 aliphatic rings. The van der Waals surface area contributed by atoms with E-state index in [2.05, 4.69) is 20.3 Å². The van der Waals surface area contributed by atoms with Gasteiger partial charge in [-0.3, -0.25) is 9.78 Å². The zero-order chi connectivity index (χ0) is 13.0. The van der Waals surface area contributed by atoms with Gasteiger partial charge in [0.1, 0.15) is 5.69 Å². The minimum absolute atomic E-state index is 0.269. The maximum Gasteiger partial charge on any atom is 0.296 e. The van der Waals surface area contributed by atoms with Crippen LogP contribution in [0.2, 0.25) is 0 Å². The average Bonchev–Trinajstić information content (AvgIpc) is 2.41. The van der Waals surface area contributed by atoms with Crippen molar-refractivity contribution < 1.29 is 0 Å². The minimum atomic E-state index is -0.269. The van der Waals surface area contributed by atoms with Crippen LogP contribution in [0.3, 0.4) is 0 Å². The molecule has 0 unspecified atom stereocenters. The molecule has 2 heterocycles. The summed E-state index contributed by atoms with van der Waals surface area (Å²) in [5, 5.41) is 12.3. The van der Waals surface area contributed by atoms with Crippen molar-refractivity contribution in [2.75, 3.05) is 6.26 Å². The fourth-order valence-electron chi connectivity index (χ4n) is 1.25. The van der Waals surface area contributed by atoms with Crippen molar-refractivity contribution in [3.8, 4) is 0 Å². The summed E-state index contributed by atoms with van der Waals surface area (Å²) in [6.45, 7) is 1.61. The highest BCUT2D eigenvalue weighted by atomic mass is 32.2. The Hall–Kier alpha value is -2.02. The molecule has 6 nitrogen and oxygen atoms in total. The van der Waals surface area contributed by atoms with E-state index < -0.39 is 0 Å². The highest BCUT2D eigenvalue weighted by Gasteiger charge is 2.06. The van der Waals surface area contributed by atoms with Gasteiger partial charge >= 0.3 is 0 Å². The smallest absolute Gasteiger partial charge is 0.265 e. The van der Waals surface area contributed by atoms with Crippen molar-refractivity contribution >= 4 is 18.0 Å².